The molecule has 0 atom stereocenters. The summed E-state index contributed by atoms with van der Waals surface area (Å²) in [5.74, 6) is 0. The number of hydrogen-bond acceptors (Lipinski definition) is 0. The van der Waals surface area contributed by atoms with Crippen LogP contribution in [0.15, 0.2) is 49.1 Å². The Morgan fingerprint density at radius 1 is 0.750 bits per heavy atom. The zero-order chi connectivity index (χ0) is 12.8. The van der Waals surface area contributed by atoms with E-state index in [2.05, 4.69) is 72.0 Å². The Balaban J connectivity index is 0.00000180. The molecule has 0 aromatic carbocycles. The van der Waals surface area contributed by atoms with E-state index in [-0.39, 0.29) is 34.0 Å². The van der Waals surface area contributed by atoms with Gasteiger partial charge in [-0.25, -0.2) is 9.13 Å². The van der Waals surface area contributed by atoms with Crippen LogP contribution in [-0.4, -0.2) is 0 Å². The van der Waals surface area contributed by atoms with Crippen molar-refractivity contribution < 1.29 is 43.1 Å². The van der Waals surface area contributed by atoms with Crippen LogP contribution in [0.3, 0.4) is 0 Å². The smallest absolute Gasteiger partial charge is 0.169 e. The molecule has 0 unspecified atom stereocenters. The van der Waals surface area contributed by atoms with Crippen molar-refractivity contribution in [1.29, 1.82) is 0 Å². The molecule has 2 rings (SSSR count). The van der Waals surface area contributed by atoms with Crippen molar-refractivity contribution in [2.45, 2.75) is 39.8 Å². The standard InChI is InChI=1S/C16H22N2.2BrH/c1-3-5-10-18-13-8-16(9-14-18)15-6-11-17(4-2)12-7-15;;/h6-9,11-14H,3-5,10H2,1-2H3;2*1H/q+2;;/p-2. The monoisotopic (exact) mass is 400 g/mol. The van der Waals surface area contributed by atoms with E-state index in [0.29, 0.717) is 0 Å². The van der Waals surface area contributed by atoms with Gasteiger partial charge in [-0.3, -0.25) is 0 Å². The maximum absolute atomic E-state index is 2.25. The van der Waals surface area contributed by atoms with Crippen molar-refractivity contribution in [2.24, 2.45) is 0 Å². The van der Waals surface area contributed by atoms with Crippen LogP contribution in [0.4, 0.5) is 0 Å². The van der Waals surface area contributed by atoms with Gasteiger partial charge in [0.1, 0.15) is 13.1 Å². The van der Waals surface area contributed by atoms with E-state index in [1.54, 1.807) is 0 Å². The lowest BCUT2D eigenvalue weighted by molar-refractivity contribution is -0.697. The molecule has 2 nitrogen and oxygen atoms in total. The summed E-state index contributed by atoms with van der Waals surface area (Å²) in [6.45, 7) is 6.51. The molecule has 0 aliphatic rings. The van der Waals surface area contributed by atoms with Crippen molar-refractivity contribution in [2.75, 3.05) is 0 Å². The number of halogens is 2. The minimum Gasteiger partial charge on any atom is -1.00 e. The third kappa shape index (κ3) is 5.33. The van der Waals surface area contributed by atoms with E-state index in [4.69, 9.17) is 0 Å². The Kier molecular flexibility index (Phi) is 9.68. The van der Waals surface area contributed by atoms with Crippen LogP contribution in [0, 0.1) is 0 Å². The molecule has 2 heterocycles. The molecule has 0 N–H and O–H groups in total. The second kappa shape index (κ2) is 10.1. The second-order valence-corrected chi connectivity index (χ2v) is 4.60. The van der Waals surface area contributed by atoms with E-state index in [1.165, 1.54) is 24.0 Å². The first kappa shape index (κ1) is 19.3. The van der Waals surface area contributed by atoms with Crippen LogP contribution in [0.25, 0.3) is 11.1 Å². The molecule has 0 bridgehead atoms. The predicted octanol–water partition coefficient (Wildman–Crippen LogP) is -3.24. The van der Waals surface area contributed by atoms with Gasteiger partial charge in [-0.1, -0.05) is 13.3 Å². The number of pyridine rings is 2. The quantitative estimate of drug-likeness (QED) is 0.465. The third-order valence-corrected chi connectivity index (χ3v) is 3.25. The SMILES string of the molecule is CCCC[n+]1ccc(-c2cc[n+](CC)cc2)cc1.[Br-].[Br-]. The first-order valence-corrected chi connectivity index (χ1v) is 6.82. The van der Waals surface area contributed by atoms with Gasteiger partial charge >= 0.3 is 0 Å². The van der Waals surface area contributed by atoms with E-state index >= 15 is 0 Å². The Labute approximate surface area is 143 Å². The molecule has 0 amide bonds. The Morgan fingerprint density at radius 3 is 1.60 bits per heavy atom. The molecule has 0 radical (unpaired) electrons. The maximum Gasteiger partial charge on any atom is 0.169 e. The Bertz CT molecular complexity index is 481. The fourth-order valence-corrected chi connectivity index (χ4v) is 2.00. The van der Waals surface area contributed by atoms with Gasteiger partial charge in [-0.15, -0.1) is 0 Å². The van der Waals surface area contributed by atoms with Crippen molar-refractivity contribution >= 4 is 0 Å². The van der Waals surface area contributed by atoms with Gasteiger partial charge in [0.15, 0.2) is 24.8 Å². The van der Waals surface area contributed by atoms with Crippen LogP contribution < -0.4 is 43.1 Å². The first-order chi connectivity index (χ1) is 8.83. The molecule has 0 fully saturated rings. The average Bonchev–Trinajstić information content (AvgIpc) is 2.46. The zero-order valence-corrected chi connectivity index (χ0v) is 15.3. The summed E-state index contributed by atoms with van der Waals surface area (Å²) in [5.41, 5.74) is 2.56. The zero-order valence-electron chi connectivity index (χ0n) is 12.1. The molecule has 2 aromatic rings. The van der Waals surface area contributed by atoms with Gasteiger partial charge in [0.05, 0.1) is 0 Å². The molecule has 0 aliphatic heterocycles. The van der Waals surface area contributed by atoms with Crippen molar-refractivity contribution in [3.63, 3.8) is 0 Å². The average molecular weight is 402 g/mol. The Morgan fingerprint density at radius 2 is 1.20 bits per heavy atom. The molecule has 20 heavy (non-hydrogen) atoms. The minimum absolute atomic E-state index is 0. The van der Waals surface area contributed by atoms with Crippen molar-refractivity contribution in [1.82, 2.24) is 0 Å². The van der Waals surface area contributed by atoms with E-state index < -0.39 is 0 Å². The Hall–Kier alpha value is -0.740. The van der Waals surface area contributed by atoms with Crippen LogP contribution in [-0.2, 0) is 13.1 Å². The summed E-state index contributed by atoms with van der Waals surface area (Å²) in [4.78, 5) is 0. The molecule has 0 spiro atoms. The lowest BCUT2D eigenvalue weighted by Gasteiger charge is -2.00. The fraction of sp³-hybridized carbons (Fsp3) is 0.375. The highest BCUT2D eigenvalue weighted by molar-refractivity contribution is 5.60. The molecule has 110 valence electrons. The number of aromatic nitrogens is 2. The summed E-state index contributed by atoms with van der Waals surface area (Å²) in [6, 6.07) is 8.74. The highest BCUT2D eigenvalue weighted by atomic mass is 79.9. The lowest BCUT2D eigenvalue weighted by Crippen LogP contribution is -3.00. The summed E-state index contributed by atoms with van der Waals surface area (Å²) in [5, 5.41) is 0. The van der Waals surface area contributed by atoms with Crippen molar-refractivity contribution in [3.05, 3.63) is 49.1 Å². The van der Waals surface area contributed by atoms with Gasteiger partial charge in [0, 0.05) is 30.7 Å². The summed E-state index contributed by atoms with van der Waals surface area (Å²) in [7, 11) is 0. The van der Waals surface area contributed by atoms with Crippen LogP contribution in [0.5, 0.6) is 0 Å². The molecule has 0 aliphatic carbocycles. The molecular weight excluding hydrogens is 380 g/mol. The molecule has 0 saturated heterocycles. The van der Waals surface area contributed by atoms with E-state index in [9.17, 15) is 0 Å². The highest BCUT2D eigenvalue weighted by Gasteiger charge is 2.04. The van der Waals surface area contributed by atoms with Crippen molar-refractivity contribution in [3.8, 4) is 11.1 Å². The summed E-state index contributed by atoms with van der Waals surface area (Å²) >= 11 is 0. The number of hydrogen-bond donors (Lipinski definition) is 0. The van der Waals surface area contributed by atoms with Gasteiger partial charge in [-0.2, -0.15) is 0 Å². The largest absolute Gasteiger partial charge is 1.00 e. The van der Waals surface area contributed by atoms with E-state index in [0.717, 1.165) is 13.1 Å². The number of rotatable bonds is 5. The van der Waals surface area contributed by atoms with Gasteiger partial charge in [0.2, 0.25) is 0 Å². The second-order valence-electron chi connectivity index (χ2n) is 4.60. The summed E-state index contributed by atoms with van der Waals surface area (Å²) in [6.07, 6.45) is 11.1. The van der Waals surface area contributed by atoms with E-state index in [1.807, 2.05) is 0 Å². The van der Waals surface area contributed by atoms with Crippen LogP contribution in [0.2, 0.25) is 0 Å². The lowest BCUT2D eigenvalue weighted by atomic mass is 10.1. The number of unbranched alkanes of at least 4 members (excludes halogenated alkanes) is 1. The maximum atomic E-state index is 2.25. The number of nitrogens with zero attached hydrogens (tertiary/aromatic N) is 2. The van der Waals surface area contributed by atoms with Crippen LogP contribution in [0.1, 0.15) is 26.7 Å². The summed E-state index contributed by atoms with van der Waals surface area (Å²) < 4.78 is 4.43. The topological polar surface area (TPSA) is 7.76 Å². The third-order valence-electron chi connectivity index (χ3n) is 3.25. The molecule has 2 aromatic heterocycles. The molecular formula is C16H22Br2N2. The van der Waals surface area contributed by atoms with Crippen LogP contribution >= 0.6 is 0 Å². The number of aryl methyl sites for hydroxylation is 2. The fourth-order valence-electron chi connectivity index (χ4n) is 2.00. The molecule has 0 saturated carbocycles. The minimum atomic E-state index is 0. The predicted molar refractivity (Wildman–Crippen MR) is 72.9 cm³/mol. The van der Waals surface area contributed by atoms with Gasteiger partial charge in [-0.05, 0) is 18.1 Å². The first-order valence-electron chi connectivity index (χ1n) is 6.82. The normalized spacial score (nSPS) is 9.50. The highest BCUT2D eigenvalue weighted by Crippen LogP contribution is 2.15. The van der Waals surface area contributed by atoms with Gasteiger partial charge in [0.25, 0.3) is 0 Å². The molecule has 4 heteroatoms. The van der Waals surface area contributed by atoms with Gasteiger partial charge < -0.3 is 34.0 Å².